The lowest BCUT2D eigenvalue weighted by Crippen LogP contribution is -2.11. The van der Waals surface area contributed by atoms with Gasteiger partial charge in [0.15, 0.2) is 0 Å². The molecule has 0 unspecified atom stereocenters. The van der Waals surface area contributed by atoms with Gasteiger partial charge in [0.2, 0.25) is 0 Å². The van der Waals surface area contributed by atoms with Gasteiger partial charge in [0.25, 0.3) is 0 Å². The lowest BCUT2D eigenvalue weighted by Gasteiger charge is -2.27. The summed E-state index contributed by atoms with van der Waals surface area (Å²) >= 11 is 0. The van der Waals surface area contributed by atoms with E-state index in [0.717, 1.165) is 56.5 Å². The fraction of sp³-hybridized carbons (Fsp3) is 0.0417. The second kappa shape index (κ2) is 11.8. The lowest BCUT2D eigenvalue weighted by molar-refractivity contribution is 0.672. The topological polar surface area (TPSA) is 21.3 Å². The maximum Gasteiger partial charge on any atom is 0.143 e. The first kappa shape index (κ1) is 29.3. The van der Waals surface area contributed by atoms with Gasteiger partial charge in [-0.15, -0.1) is 0 Å². The van der Waals surface area contributed by atoms with E-state index in [2.05, 4.69) is 192 Å². The summed E-state index contributed by atoms with van der Waals surface area (Å²) in [4.78, 5) is 2.43. The van der Waals surface area contributed by atoms with Gasteiger partial charge >= 0.3 is 0 Å². The third kappa shape index (κ3) is 4.66. The molecular formula is C48H34N2O. The number of anilines is 3. The Morgan fingerprint density at radius 1 is 0.490 bits per heavy atom. The van der Waals surface area contributed by atoms with Crippen molar-refractivity contribution in [1.29, 1.82) is 0 Å². The summed E-state index contributed by atoms with van der Waals surface area (Å²) in [7, 11) is 0. The molecule has 10 rings (SSSR count). The molecule has 2 heterocycles. The van der Waals surface area contributed by atoms with Gasteiger partial charge in [-0.2, -0.15) is 0 Å². The highest BCUT2D eigenvalue weighted by atomic mass is 16.3. The third-order valence-corrected chi connectivity index (χ3v) is 10.4. The molecule has 242 valence electrons. The number of hydrogen-bond acceptors (Lipinski definition) is 2. The van der Waals surface area contributed by atoms with Crippen LogP contribution in [0, 0.1) is 0 Å². The Morgan fingerprint density at radius 2 is 1.14 bits per heavy atom. The van der Waals surface area contributed by atoms with Gasteiger partial charge in [-0.3, -0.25) is 0 Å². The maximum atomic E-state index is 6.65. The van der Waals surface area contributed by atoms with Crippen molar-refractivity contribution in [2.75, 3.05) is 4.90 Å². The van der Waals surface area contributed by atoms with Gasteiger partial charge in [-0.25, -0.2) is 0 Å². The molecule has 0 aliphatic rings. The molecule has 0 aliphatic carbocycles. The average molecular weight is 655 g/mol. The first-order valence-electron chi connectivity index (χ1n) is 17.7. The predicted octanol–water partition coefficient (Wildman–Crippen LogP) is 13.5. The molecule has 0 amide bonds. The molecule has 51 heavy (non-hydrogen) atoms. The Morgan fingerprint density at radius 3 is 1.92 bits per heavy atom. The molecule has 3 nitrogen and oxygen atoms in total. The molecule has 0 saturated carbocycles. The summed E-state index contributed by atoms with van der Waals surface area (Å²) in [5.74, 6) is 0. The highest BCUT2D eigenvalue weighted by Gasteiger charge is 2.22. The molecule has 10 aromatic rings. The molecule has 0 spiro atoms. The van der Waals surface area contributed by atoms with E-state index in [1.54, 1.807) is 0 Å². The molecule has 0 aliphatic heterocycles. The molecule has 0 N–H and O–H groups in total. The predicted molar refractivity (Wildman–Crippen MR) is 215 cm³/mol. The van der Waals surface area contributed by atoms with Crippen LogP contribution >= 0.6 is 0 Å². The van der Waals surface area contributed by atoms with Crippen LogP contribution in [0.1, 0.15) is 12.5 Å². The minimum atomic E-state index is 0.930. The summed E-state index contributed by atoms with van der Waals surface area (Å²) in [6, 6.07) is 63.3. The van der Waals surface area contributed by atoms with E-state index in [9.17, 15) is 0 Å². The van der Waals surface area contributed by atoms with Gasteiger partial charge in [0.1, 0.15) is 11.2 Å². The molecule has 0 saturated heterocycles. The van der Waals surface area contributed by atoms with E-state index in [4.69, 9.17) is 4.42 Å². The zero-order chi connectivity index (χ0) is 33.9. The summed E-state index contributed by atoms with van der Waals surface area (Å²) in [5.41, 5.74) is 12.3. The van der Waals surface area contributed by atoms with Gasteiger partial charge in [-0.05, 0) is 77.7 Å². The summed E-state index contributed by atoms with van der Waals surface area (Å²) in [5, 5.41) is 7.05. The van der Waals surface area contributed by atoms with E-state index >= 15 is 0 Å². The number of fused-ring (bicyclic) bond motifs is 8. The normalized spacial score (nSPS) is 11.7. The van der Waals surface area contributed by atoms with E-state index in [1.165, 1.54) is 43.9 Å². The number of benzene rings is 8. The SMILES string of the molecule is CCc1cccc2oc3c4ccccc4c(N(c4ccc(-c5ccccc5)cc4)c4ccc5c6ccccc6n(-c6ccccc6)c5c4)cc3c12. The van der Waals surface area contributed by atoms with Crippen molar-refractivity contribution in [1.82, 2.24) is 4.57 Å². The number of hydrogen-bond donors (Lipinski definition) is 0. The fourth-order valence-corrected chi connectivity index (χ4v) is 8.00. The van der Waals surface area contributed by atoms with Crippen LogP contribution in [0.25, 0.3) is 71.3 Å². The second-order valence-electron chi connectivity index (χ2n) is 13.2. The Bertz CT molecular complexity index is 2880. The summed E-state index contributed by atoms with van der Waals surface area (Å²) < 4.78 is 9.05. The number of furan rings is 1. The largest absolute Gasteiger partial charge is 0.455 e. The average Bonchev–Trinajstić information content (AvgIpc) is 3.75. The van der Waals surface area contributed by atoms with Crippen LogP contribution in [-0.2, 0) is 6.42 Å². The van der Waals surface area contributed by atoms with Crippen LogP contribution in [0.15, 0.2) is 180 Å². The number of nitrogens with zero attached hydrogens (tertiary/aromatic N) is 2. The molecule has 0 atom stereocenters. The van der Waals surface area contributed by atoms with E-state index in [-0.39, 0.29) is 0 Å². The maximum absolute atomic E-state index is 6.65. The quantitative estimate of drug-likeness (QED) is 0.178. The standard InChI is InChI=1S/C48H34N2O/c1-2-32-16-13-23-46-47(32)42-31-45(39-20-9-10-21-41(39)48(42)51-46)49(36-26-24-34(25-27-36)33-14-5-3-6-15-33)37-28-29-40-38-19-11-12-22-43(38)50(44(40)30-37)35-17-7-4-8-18-35/h3-31H,2H2,1H3. The van der Waals surface area contributed by atoms with E-state index in [1.807, 2.05) is 0 Å². The van der Waals surface area contributed by atoms with Crippen molar-refractivity contribution in [3.63, 3.8) is 0 Å². The summed E-state index contributed by atoms with van der Waals surface area (Å²) in [6.45, 7) is 2.22. The van der Waals surface area contributed by atoms with Crippen LogP contribution in [0.4, 0.5) is 17.1 Å². The van der Waals surface area contributed by atoms with Crippen molar-refractivity contribution in [2.45, 2.75) is 13.3 Å². The van der Waals surface area contributed by atoms with Crippen LogP contribution in [0.5, 0.6) is 0 Å². The van der Waals surface area contributed by atoms with Crippen molar-refractivity contribution < 1.29 is 4.42 Å². The molecule has 8 aromatic carbocycles. The first-order chi connectivity index (χ1) is 25.3. The number of rotatable bonds is 6. The van der Waals surface area contributed by atoms with E-state index in [0.29, 0.717) is 0 Å². The first-order valence-corrected chi connectivity index (χ1v) is 17.7. The molecular weight excluding hydrogens is 621 g/mol. The van der Waals surface area contributed by atoms with Crippen LogP contribution in [-0.4, -0.2) is 4.57 Å². The zero-order valence-electron chi connectivity index (χ0n) is 28.3. The Labute approximate surface area is 296 Å². The van der Waals surface area contributed by atoms with Gasteiger partial charge in [0, 0.05) is 49.4 Å². The zero-order valence-corrected chi connectivity index (χ0v) is 28.3. The lowest BCUT2D eigenvalue weighted by atomic mass is 9.99. The van der Waals surface area contributed by atoms with Crippen molar-refractivity contribution in [3.05, 3.63) is 181 Å². The van der Waals surface area contributed by atoms with Gasteiger partial charge in [0.05, 0.1) is 16.7 Å². The van der Waals surface area contributed by atoms with Crippen molar-refractivity contribution >= 4 is 71.6 Å². The molecule has 0 fully saturated rings. The van der Waals surface area contributed by atoms with Crippen LogP contribution in [0.3, 0.4) is 0 Å². The van der Waals surface area contributed by atoms with Crippen LogP contribution < -0.4 is 4.90 Å². The highest BCUT2D eigenvalue weighted by molar-refractivity contribution is 6.20. The van der Waals surface area contributed by atoms with Gasteiger partial charge in [-0.1, -0.05) is 128 Å². The fourth-order valence-electron chi connectivity index (χ4n) is 8.00. The van der Waals surface area contributed by atoms with Crippen molar-refractivity contribution in [2.24, 2.45) is 0 Å². The minimum Gasteiger partial charge on any atom is -0.455 e. The third-order valence-electron chi connectivity index (χ3n) is 10.4. The molecule has 2 aromatic heterocycles. The van der Waals surface area contributed by atoms with E-state index < -0.39 is 0 Å². The highest BCUT2D eigenvalue weighted by Crippen LogP contribution is 2.46. The Balaban J connectivity index is 1.28. The Hall–Kier alpha value is -6.58. The monoisotopic (exact) mass is 654 g/mol. The van der Waals surface area contributed by atoms with Crippen LogP contribution in [0.2, 0.25) is 0 Å². The molecule has 3 heteroatoms. The summed E-state index contributed by atoms with van der Waals surface area (Å²) in [6.07, 6.45) is 0.930. The molecule has 0 radical (unpaired) electrons. The van der Waals surface area contributed by atoms with Crippen molar-refractivity contribution in [3.8, 4) is 16.8 Å². The number of aromatic nitrogens is 1. The van der Waals surface area contributed by atoms with Gasteiger partial charge < -0.3 is 13.9 Å². The smallest absolute Gasteiger partial charge is 0.143 e. The number of para-hydroxylation sites is 2. The molecule has 0 bridgehead atoms. The Kier molecular flexibility index (Phi) is 6.78. The second-order valence-corrected chi connectivity index (χ2v) is 13.2. The minimum absolute atomic E-state index is 0.930. The number of aryl methyl sites for hydroxylation is 1.